The van der Waals surface area contributed by atoms with Crippen molar-refractivity contribution in [1.29, 1.82) is 0 Å². The number of nitrogens with zero attached hydrogens (tertiary/aromatic N) is 1. The number of likely N-dealkylation sites (tertiary alicyclic amines) is 1. The van der Waals surface area contributed by atoms with E-state index in [0.717, 1.165) is 12.0 Å². The molecule has 1 aromatic carbocycles. The van der Waals surface area contributed by atoms with Gasteiger partial charge in [0.1, 0.15) is 12.2 Å². The number of hydrogen-bond donors (Lipinski definition) is 0. The lowest BCUT2D eigenvalue weighted by atomic mass is 9.87. The molecule has 0 bridgehead atoms. The zero-order valence-corrected chi connectivity index (χ0v) is 13.6. The minimum absolute atomic E-state index is 0.201. The molecule has 1 atom stereocenters. The van der Waals surface area contributed by atoms with Gasteiger partial charge in [-0.25, -0.2) is 4.79 Å². The van der Waals surface area contributed by atoms with E-state index >= 15 is 0 Å². The first kappa shape index (κ1) is 16.2. The molecule has 0 radical (unpaired) electrons. The second-order valence-corrected chi connectivity index (χ2v) is 6.19. The van der Waals surface area contributed by atoms with Crippen LogP contribution in [0.15, 0.2) is 30.3 Å². The molecule has 2 fully saturated rings. The van der Waals surface area contributed by atoms with Crippen LogP contribution in [0.3, 0.4) is 0 Å². The van der Waals surface area contributed by atoms with Crippen molar-refractivity contribution in [1.82, 2.24) is 4.90 Å². The average Bonchev–Trinajstić information content (AvgIpc) is 2.99. The molecule has 2 heterocycles. The maximum atomic E-state index is 12.1. The van der Waals surface area contributed by atoms with E-state index in [9.17, 15) is 4.79 Å². The summed E-state index contributed by atoms with van der Waals surface area (Å²) in [6.45, 7) is 2.02. The number of amides is 1. The number of methoxy groups -OCH3 is 2. The van der Waals surface area contributed by atoms with E-state index in [1.165, 1.54) is 0 Å². The van der Waals surface area contributed by atoms with Gasteiger partial charge in [0.15, 0.2) is 6.29 Å². The Morgan fingerprint density at radius 3 is 2.65 bits per heavy atom. The summed E-state index contributed by atoms with van der Waals surface area (Å²) in [6, 6.07) is 9.66. The summed E-state index contributed by atoms with van der Waals surface area (Å²) in [4.78, 5) is 13.7. The molecule has 126 valence electrons. The van der Waals surface area contributed by atoms with Gasteiger partial charge in [-0.05, 0) is 12.0 Å². The van der Waals surface area contributed by atoms with E-state index in [1.807, 2.05) is 30.3 Å². The van der Waals surface area contributed by atoms with Crippen molar-refractivity contribution in [3.8, 4) is 0 Å². The third-order valence-corrected chi connectivity index (χ3v) is 4.51. The predicted octanol–water partition coefficient (Wildman–Crippen LogP) is 2.03. The van der Waals surface area contributed by atoms with Crippen molar-refractivity contribution >= 4 is 6.09 Å². The molecule has 0 N–H and O–H groups in total. The molecule has 2 aliphatic heterocycles. The topological polar surface area (TPSA) is 57.2 Å². The molecule has 1 unspecified atom stereocenters. The summed E-state index contributed by atoms with van der Waals surface area (Å²) >= 11 is 0. The molecule has 0 aromatic heterocycles. The summed E-state index contributed by atoms with van der Waals surface area (Å²) in [7, 11) is 3.26. The molecule has 0 aliphatic carbocycles. The Kier molecular flexibility index (Phi) is 4.84. The Bertz CT molecular complexity index is 525. The van der Waals surface area contributed by atoms with Crippen LogP contribution in [0.25, 0.3) is 0 Å². The average molecular weight is 321 g/mol. The van der Waals surface area contributed by atoms with Gasteiger partial charge < -0.3 is 23.8 Å². The SMILES string of the molecule is COC(OC)C1COC2(C1)CN(C(=O)OCc1ccccc1)C2. The lowest BCUT2D eigenvalue weighted by Crippen LogP contribution is -2.63. The second-order valence-electron chi connectivity index (χ2n) is 6.19. The van der Waals surface area contributed by atoms with Crippen LogP contribution >= 0.6 is 0 Å². The third-order valence-electron chi connectivity index (χ3n) is 4.51. The van der Waals surface area contributed by atoms with Gasteiger partial charge in [0.05, 0.1) is 19.7 Å². The number of carbonyl (C=O) groups is 1. The zero-order valence-electron chi connectivity index (χ0n) is 13.6. The van der Waals surface area contributed by atoms with Crippen LogP contribution in [0.5, 0.6) is 0 Å². The van der Waals surface area contributed by atoms with E-state index in [4.69, 9.17) is 18.9 Å². The van der Waals surface area contributed by atoms with Crippen molar-refractivity contribution in [3.63, 3.8) is 0 Å². The van der Waals surface area contributed by atoms with Crippen LogP contribution < -0.4 is 0 Å². The van der Waals surface area contributed by atoms with Gasteiger partial charge >= 0.3 is 6.09 Å². The molecule has 23 heavy (non-hydrogen) atoms. The van der Waals surface area contributed by atoms with Crippen molar-refractivity contribution in [2.24, 2.45) is 5.92 Å². The Labute approximate surface area is 136 Å². The fourth-order valence-electron chi connectivity index (χ4n) is 3.34. The van der Waals surface area contributed by atoms with Crippen molar-refractivity contribution in [2.45, 2.75) is 24.9 Å². The molecule has 2 saturated heterocycles. The van der Waals surface area contributed by atoms with E-state index < -0.39 is 0 Å². The highest BCUT2D eigenvalue weighted by Gasteiger charge is 2.53. The van der Waals surface area contributed by atoms with E-state index in [-0.39, 0.29) is 23.9 Å². The van der Waals surface area contributed by atoms with Gasteiger partial charge in [-0.2, -0.15) is 0 Å². The van der Waals surface area contributed by atoms with Gasteiger partial charge in [0.25, 0.3) is 0 Å². The highest BCUT2D eigenvalue weighted by molar-refractivity contribution is 5.69. The predicted molar refractivity (Wildman–Crippen MR) is 82.8 cm³/mol. The Morgan fingerprint density at radius 2 is 2.00 bits per heavy atom. The summed E-state index contributed by atoms with van der Waals surface area (Å²) in [6.07, 6.45) is 0.289. The van der Waals surface area contributed by atoms with E-state index in [0.29, 0.717) is 26.3 Å². The third kappa shape index (κ3) is 3.49. The lowest BCUT2D eigenvalue weighted by molar-refractivity contribution is -0.136. The Balaban J connectivity index is 1.44. The van der Waals surface area contributed by atoms with Gasteiger partial charge in [-0.15, -0.1) is 0 Å². The minimum Gasteiger partial charge on any atom is -0.445 e. The summed E-state index contributed by atoms with van der Waals surface area (Å²) in [5.41, 5.74) is 0.724. The van der Waals surface area contributed by atoms with Crippen LogP contribution in [0, 0.1) is 5.92 Å². The number of rotatable bonds is 5. The number of benzene rings is 1. The normalized spacial score (nSPS) is 22.4. The first-order valence-electron chi connectivity index (χ1n) is 7.81. The van der Waals surface area contributed by atoms with Gasteiger partial charge in [0, 0.05) is 20.1 Å². The number of ether oxygens (including phenoxy) is 4. The highest BCUT2D eigenvalue weighted by atomic mass is 16.7. The molecule has 1 spiro atoms. The minimum atomic E-state index is -0.290. The quantitative estimate of drug-likeness (QED) is 0.777. The molecule has 0 saturated carbocycles. The van der Waals surface area contributed by atoms with Crippen LogP contribution in [0.4, 0.5) is 4.79 Å². The van der Waals surface area contributed by atoms with Gasteiger partial charge in [0.2, 0.25) is 0 Å². The summed E-state index contributed by atoms with van der Waals surface area (Å²) < 4.78 is 21.8. The molecule has 3 rings (SSSR count). The molecule has 6 heteroatoms. The largest absolute Gasteiger partial charge is 0.445 e. The van der Waals surface area contributed by atoms with Crippen LogP contribution in [-0.4, -0.2) is 56.8 Å². The van der Waals surface area contributed by atoms with Crippen molar-refractivity contribution < 1.29 is 23.7 Å². The van der Waals surface area contributed by atoms with E-state index in [1.54, 1.807) is 19.1 Å². The second kappa shape index (κ2) is 6.86. The highest BCUT2D eigenvalue weighted by Crippen LogP contribution is 2.39. The molecular weight excluding hydrogens is 298 g/mol. The zero-order chi connectivity index (χ0) is 16.3. The standard InChI is InChI=1S/C17H23NO5/c1-20-15(21-2)14-8-17(23-10-14)11-18(12-17)16(19)22-9-13-6-4-3-5-7-13/h3-7,14-15H,8-12H2,1-2H3. The molecule has 2 aliphatic rings. The molecule has 1 aromatic rings. The maximum Gasteiger partial charge on any atom is 0.410 e. The Morgan fingerprint density at radius 1 is 1.30 bits per heavy atom. The first-order chi connectivity index (χ1) is 11.2. The number of carbonyl (C=O) groups excluding carboxylic acids is 1. The fraction of sp³-hybridized carbons (Fsp3) is 0.588. The van der Waals surface area contributed by atoms with Crippen LogP contribution in [-0.2, 0) is 25.6 Å². The number of hydrogen-bond acceptors (Lipinski definition) is 5. The Hall–Kier alpha value is -1.63. The van der Waals surface area contributed by atoms with Crippen molar-refractivity contribution in [2.75, 3.05) is 33.9 Å². The van der Waals surface area contributed by atoms with Crippen LogP contribution in [0.2, 0.25) is 0 Å². The van der Waals surface area contributed by atoms with E-state index in [2.05, 4.69) is 0 Å². The molecule has 1 amide bonds. The van der Waals surface area contributed by atoms with Gasteiger partial charge in [-0.3, -0.25) is 0 Å². The maximum absolute atomic E-state index is 12.1. The summed E-state index contributed by atoms with van der Waals surface area (Å²) in [5.74, 6) is 0.201. The molecular formula is C17H23NO5. The fourth-order valence-corrected chi connectivity index (χ4v) is 3.34. The molecule has 6 nitrogen and oxygen atoms in total. The summed E-state index contributed by atoms with van der Waals surface area (Å²) in [5, 5.41) is 0. The lowest BCUT2D eigenvalue weighted by Gasteiger charge is -2.46. The van der Waals surface area contributed by atoms with Crippen molar-refractivity contribution in [3.05, 3.63) is 35.9 Å². The van der Waals surface area contributed by atoms with Gasteiger partial charge in [-0.1, -0.05) is 30.3 Å². The monoisotopic (exact) mass is 321 g/mol. The first-order valence-corrected chi connectivity index (χ1v) is 7.81. The van der Waals surface area contributed by atoms with Crippen LogP contribution in [0.1, 0.15) is 12.0 Å². The smallest absolute Gasteiger partial charge is 0.410 e.